The smallest absolute Gasteiger partial charge is 0.405 e. The molecule has 2 nitrogen and oxygen atoms in total. The third kappa shape index (κ3) is 3.08. The number of halogens is 5. The zero-order valence-corrected chi connectivity index (χ0v) is 7.55. The van der Waals surface area contributed by atoms with Crippen LogP contribution in [0.4, 0.5) is 22.0 Å². The van der Waals surface area contributed by atoms with Crippen LogP contribution in [0.15, 0.2) is 18.2 Å². The van der Waals surface area contributed by atoms with E-state index in [0.29, 0.717) is 6.07 Å². The van der Waals surface area contributed by atoms with Crippen molar-refractivity contribution in [2.24, 2.45) is 0 Å². The van der Waals surface area contributed by atoms with Crippen molar-refractivity contribution in [2.75, 3.05) is 0 Å². The van der Waals surface area contributed by atoms with Crippen molar-refractivity contribution in [2.45, 2.75) is 12.8 Å². The Morgan fingerprint density at radius 2 is 1.88 bits per heavy atom. The molecule has 86 valence electrons. The summed E-state index contributed by atoms with van der Waals surface area (Å²) in [5, 5.41) is 8.42. The molecular weight excluding hydrogens is 233 g/mol. The van der Waals surface area contributed by atoms with Gasteiger partial charge in [0.05, 0.1) is 17.2 Å². The topological polar surface area (TPSA) is 33.0 Å². The molecule has 0 atom stereocenters. The predicted molar refractivity (Wildman–Crippen MR) is 42.8 cm³/mol. The molecule has 0 aliphatic rings. The van der Waals surface area contributed by atoms with Crippen LogP contribution in [0.1, 0.15) is 17.6 Å². The number of hydrogen-bond donors (Lipinski definition) is 0. The first-order valence-corrected chi connectivity index (χ1v) is 3.91. The Balaban J connectivity index is 3.17. The second-order valence-electron chi connectivity index (χ2n) is 2.71. The Morgan fingerprint density at radius 3 is 2.31 bits per heavy atom. The maximum absolute atomic E-state index is 12.3. The van der Waals surface area contributed by atoms with Gasteiger partial charge >= 0.3 is 6.36 Å². The van der Waals surface area contributed by atoms with Crippen molar-refractivity contribution in [3.05, 3.63) is 29.3 Å². The summed E-state index contributed by atoms with van der Waals surface area (Å²) in [6.45, 7) is 0. The number of rotatable bonds is 2. The van der Waals surface area contributed by atoms with Crippen LogP contribution in [0, 0.1) is 11.3 Å². The summed E-state index contributed by atoms with van der Waals surface area (Å²) >= 11 is 0. The number of nitriles is 1. The third-order valence-electron chi connectivity index (χ3n) is 1.60. The Bertz CT molecular complexity index is 421. The van der Waals surface area contributed by atoms with Crippen molar-refractivity contribution < 1.29 is 26.7 Å². The maximum atomic E-state index is 12.3. The summed E-state index contributed by atoms with van der Waals surface area (Å²) in [4.78, 5) is 0. The molecule has 0 N–H and O–H groups in total. The normalized spacial score (nSPS) is 11.3. The van der Waals surface area contributed by atoms with Crippen molar-refractivity contribution in [3.8, 4) is 11.8 Å². The van der Waals surface area contributed by atoms with Crippen LogP contribution < -0.4 is 4.74 Å². The fourth-order valence-corrected chi connectivity index (χ4v) is 0.997. The van der Waals surface area contributed by atoms with Gasteiger partial charge in [-0.15, -0.1) is 13.2 Å². The molecule has 0 aliphatic heterocycles. The molecule has 0 aliphatic carbocycles. The first-order valence-electron chi connectivity index (χ1n) is 3.91. The minimum atomic E-state index is -5.07. The van der Waals surface area contributed by atoms with E-state index in [0.717, 1.165) is 12.1 Å². The van der Waals surface area contributed by atoms with Crippen LogP contribution in [0.25, 0.3) is 0 Å². The summed E-state index contributed by atoms with van der Waals surface area (Å²) < 4.78 is 63.6. The maximum Gasteiger partial charge on any atom is 0.573 e. The van der Waals surface area contributed by atoms with Crippen LogP contribution in [0.5, 0.6) is 5.75 Å². The molecule has 0 fully saturated rings. The average Bonchev–Trinajstić information content (AvgIpc) is 2.14. The van der Waals surface area contributed by atoms with Crippen molar-refractivity contribution in [1.82, 2.24) is 0 Å². The number of ether oxygens (including phenoxy) is 1. The van der Waals surface area contributed by atoms with Gasteiger partial charge in [0.15, 0.2) is 0 Å². The van der Waals surface area contributed by atoms with Gasteiger partial charge in [-0.1, -0.05) is 0 Å². The summed E-state index contributed by atoms with van der Waals surface area (Å²) in [5.74, 6) is -1.05. The molecule has 0 unspecified atom stereocenters. The van der Waals surface area contributed by atoms with E-state index in [2.05, 4.69) is 4.74 Å². The Labute approximate surface area is 86.9 Å². The Morgan fingerprint density at radius 1 is 1.25 bits per heavy atom. The standard InChI is InChI=1S/C9H4F5NO/c10-8(11)6-2-1-5(4-15)3-7(6)16-9(12,13)14/h1-3,8H. The molecule has 0 amide bonds. The predicted octanol–water partition coefficient (Wildman–Crippen LogP) is 3.39. The van der Waals surface area contributed by atoms with E-state index in [1.165, 1.54) is 6.07 Å². The van der Waals surface area contributed by atoms with E-state index >= 15 is 0 Å². The highest BCUT2D eigenvalue weighted by Gasteiger charge is 2.33. The summed E-state index contributed by atoms with van der Waals surface area (Å²) in [6, 6.07) is 3.86. The lowest BCUT2D eigenvalue weighted by atomic mass is 10.1. The highest BCUT2D eigenvalue weighted by Crippen LogP contribution is 2.33. The molecule has 0 radical (unpaired) electrons. The average molecular weight is 237 g/mol. The summed E-state index contributed by atoms with van der Waals surface area (Å²) in [6.07, 6.45) is -8.18. The molecule has 7 heteroatoms. The van der Waals surface area contributed by atoms with Crippen LogP contribution in [0.3, 0.4) is 0 Å². The minimum Gasteiger partial charge on any atom is -0.405 e. The first kappa shape index (κ1) is 12.2. The van der Waals surface area contributed by atoms with E-state index in [-0.39, 0.29) is 5.56 Å². The van der Waals surface area contributed by atoms with Crippen LogP contribution in [-0.2, 0) is 0 Å². The monoisotopic (exact) mass is 237 g/mol. The van der Waals surface area contributed by atoms with Crippen molar-refractivity contribution in [1.29, 1.82) is 5.26 Å². The molecule has 0 aromatic heterocycles. The minimum absolute atomic E-state index is 0.191. The SMILES string of the molecule is N#Cc1ccc(C(F)F)c(OC(F)(F)F)c1. The van der Waals surface area contributed by atoms with Gasteiger partial charge in [-0.3, -0.25) is 0 Å². The second-order valence-corrected chi connectivity index (χ2v) is 2.71. The van der Waals surface area contributed by atoms with Gasteiger partial charge in [0.1, 0.15) is 5.75 Å². The van der Waals surface area contributed by atoms with Gasteiger partial charge in [-0.2, -0.15) is 5.26 Å². The lowest BCUT2D eigenvalue weighted by Gasteiger charge is -2.12. The van der Waals surface area contributed by atoms with E-state index in [1.54, 1.807) is 0 Å². The Kier molecular flexibility index (Phi) is 3.32. The number of hydrogen-bond acceptors (Lipinski definition) is 2. The zero-order valence-electron chi connectivity index (χ0n) is 7.55. The van der Waals surface area contributed by atoms with Gasteiger partial charge in [0.25, 0.3) is 6.43 Å². The van der Waals surface area contributed by atoms with Gasteiger partial charge in [-0.05, 0) is 18.2 Å². The number of nitrogens with zero attached hydrogens (tertiary/aromatic N) is 1. The van der Waals surface area contributed by atoms with E-state index in [4.69, 9.17) is 5.26 Å². The molecule has 1 aromatic carbocycles. The molecule has 16 heavy (non-hydrogen) atoms. The molecule has 0 saturated heterocycles. The number of benzene rings is 1. The van der Waals surface area contributed by atoms with E-state index in [1.807, 2.05) is 0 Å². The summed E-state index contributed by atoms with van der Waals surface area (Å²) in [5.41, 5.74) is -1.10. The molecule has 0 saturated carbocycles. The fourth-order valence-electron chi connectivity index (χ4n) is 0.997. The van der Waals surface area contributed by atoms with Gasteiger partial charge in [0.2, 0.25) is 0 Å². The van der Waals surface area contributed by atoms with Gasteiger partial charge < -0.3 is 4.74 Å². The molecule has 0 bridgehead atoms. The van der Waals surface area contributed by atoms with Gasteiger partial charge in [-0.25, -0.2) is 8.78 Å². The van der Waals surface area contributed by atoms with E-state index < -0.39 is 24.1 Å². The lowest BCUT2D eigenvalue weighted by Crippen LogP contribution is -2.18. The molecule has 0 heterocycles. The number of alkyl halides is 5. The Hall–Kier alpha value is -1.84. The third-order valence-corrected chi connectivity index (χ3v) is 1.60. The van der Waals surface area contributed by atoms with Crippen LogP contribution >= 0.6 is 0 Å². The molecular formula is C9H4F5NO. The van der Waals surface area contributed by atoms with Crippen molar-refractivity contribution in [3.63, 3.8) is 0 Å². The van der Waals surface area contributed by atoms with Crippen LogP contribution in [0.2, 0.25) is 0 Å². The molecule has 1 aromatic rings. The zero-order chi connectivity index (χ0) is 12.3. The second kappa shape index (κ2) is 4.35. The van der Waals surface area contributed by atoms with Crippen LogP contribution in [-0.4, -0.2) is 6.36 Å². The summed E-state index contributed by atoms with van der Waals surface area (Å²) in [7, 11) is 0. The largest absolute Gasteiger partial charge is 0.573 e. The van der Waals surface area contributed by atoms with Gasteiger partial charge in [0, 0.05) is 0 Å². The van der Waals surface area contributed by atoms with E-state index in [9.17, 15) is 22.0 Å². The molecule has 1 rings (SSSR count). The van der Waals surface area contributed by atoms with Crippen molar-refractivity contribution >= 4 is 0 Å². The first-order chi connectivity index (χ1) is 7.33. The fraction of sp³-hybridized carbons (Fsp3) is 0.222. The molecule has 0 spiro atoms. The lowest BCUT2D eigenvalue weighted by molar-refractivity contribution is -0.275. The highest BCUT2D eigenvalue weighted by atomic mass is 19.4. The quantitative estimate of drug-likeness (QED) is 0.738. The highest BCUT2D eigenvalue weighted by molar-refractivity contribution is 5.43.